The van der Waals surface area contributed by atoms with Crippen LogP contribution in [0, 0.1) is 6.92 Å². The van der Waals surface area contributed by atoms with Gasteiger partial charge in [-0.3, -0.25) is 9.69 Å². The Morgan fingerprint density at radius 2 is 1.85 bits per heavy atom. The average molecular weight is 387 g/mol. The zero-order valence-electron chi connectivity index (χ0n) is 16.5. The van der Waals surface area contributed by atoms with E-state index >= 15 is 0 Å². The lowest BCUT2D eigenvalue weighted by molar-refractivity contribution is -0.122. The van der Waals surface area contributed by atoms with Gasteiger partial charge >= 0.3 is 0 Å². The number of ether oxygens (including phenoxy) is 1. The van der Waals surface area contributed by atoms with Crippen molar-refractivity contribution in [3.8, 4) is 5.75 Å². The second kappa shape index (κ2) is 9.38. The minimum atomic E-state index is -0.110. The number of carbonyl (C=O) groups excluding carboxylic acids is 1. The Morgan fingerprint density at radius 3 is 2.44 bits per heavy atom. The van der Waals surface area contributed by atoms with Gasteiger partial charge in [0.2, 0.25) is 5.91 Å². The van der Waals surface area contributed by atoms with E-state index in [0.717, 1.165) is 23.7 Å². The van der Waals surface area contributed by atoms with Gasteiger partial charge in [0, 0.05) is 16.3 Å². The molecule has 2 unspecified atom stereocenters. The molecule has 0 radical (unpaired) electrons. The van der Waals surface area contributed by atoms with E-state index in [2.05, 4.69) is 41.4 Å². The summed E-state index contributed by atoms with van der Waals surface area (Å²) in [6, 6.07) is 12.6. The molecular formula is C22H30N2O2S. The topological polar surface area (TPSA) is 41.6 Å². The van der Waals surface area contributed by atoms with Crippen molar-refractivity contribution in [2.45, 2.75) is 45.1 Å². The molecule has 0 spiro atoms. The third kappa shape index (κ3) is 5.11. The Hall–Kier alpha value is -1.85. The number of amides is 1. The highest BCUT2D eigenvalue weighted by Crippen LogP contribution is 2.27. The third-order valence-electron chi connectivity index (χ3n) is 5.38. The maximum absolute atomic E-state index is 12.7. The van der Waals surface area contributed by atoms with E-state index < -0.39 is 0 Å². The van der Waals surface area contributed by atoms with Gasteiger partial charge < -0.3 is 10.1 Å². The van der Waals surface area contributed by atoms with E-state index in [1.165, 1.54) is 29.7 Å². The Morgan fingerprint density at radius 1 is 1.15 bits per heavy atom. The average Bonchev–Trinajstić information content (AvgIpc) is 3.15. The Labute approximate surface area is 166 Å². The summed E-state index contributed by atoms with van der Waals surface area (Å²) in [4.78, 5) is 17.6. The lowest BCUT2D eigenvalue weighted by Crippen LogP contribution is -2.41. The summed E-state index contributed by atoms with van der Waals surface area (Å²) in [5, 5.41) is 3.21. The summed E-state index contributed by atoms with van der Waals surface area (Å²) in [5.74, 6) is 0.857. The number of hydrogen-bond acceptors (Lipinski definition) is 4. The summed E-state index contributed by atoms with van der Waals surface area (Å²) >= 11 is 1.70. The number of aryl methyl sites for hydroxylation is 1. The summed E-state index contributed by atoms with van der Waals surface area (Å²) in [7, 11) is 1.69. The Kier molecular flexibility index (Phi) is 6.91. The van der Waals surface area contributed by atoms with Crippen LogP contribution in [-0.4, -0.2) is 37.6 Å². The van der Waals surface area contributed by atoms with Crippen LogP contribution < -0.4 is 10.1 Å². The molecule has 27 heavy (non-hydrogen) atoms. The maximum atomic E-state index is 12.7. The molecular weight excluding hydrogens is 356 g/mol. The molecule has 3 rings (SSSR count). The van der Waals surface area contributed by atoms with Crippen LogP contribution in [0.4, 0.5) is 0 Å². The Balaban J connectivity index is 1.69. The number of piperidine rings is 1. The summed E-state index contributed by atoms with van der Waals surface area (Å²) in [6.07, 6.45) is 3.75. The van der Waals surface area contributed by atoms with Gasteiger partial charge in [-0.2, -0.15) is 0 Å². The van der Waals surface area contributed by atoms with Gasteiger partial charge in [-0.05, 0) is 69.6 Å². The van der Waals surface area contributed by atoms with Crippen LogP contribution in [0.15, 0.2) is 36.4 Å². The fourth-order valence-electron chi connectivity index (χ4n) is 3.68. The van der Waals surface area contributed by atoms with E-state index in [0.29, 0.717) is 6.54 Å². The van der Waals surface area contributed by atoms with Gasteiger partial charge in [0.05, 0.1) is 19.1 Å². The van der Waals surface area contributed by atoms with Gasteiger partial charge in [0.1, 0.15) is 5.75 Å². The maximum Gasteiger partial charge on any atom is 0.228 e. The van der Waals surface area contributed by atoms with Crippen LogP contribution in [0.25, 0.3) is 0 Å². The van der Waals surface area contributed by atoms with Crippen molar-refractivity contribution in [2.24, 2.45) is 0 Å². The molecule has 5 heteroatoms. The van der Waals surface area contributed by atoms with Gasteiger partial charge in [0.25, 0.3) is 0 Å². The molecule has 1 fully saturated rings. The van der Waals surface area contributed by atoms with Crippen molar-refractivity contribution in [3.63, 3.8) is 0 Å². The summed E-state index contributed by atoms with van der Waals surface area (Å²) in [5.41, 5.74) is 1.23. The smallest absolute Gasteiger partial charge is 0.228 e. The molecule has 0 saturated carbocycles. The molecule has 2 atom stereocenters. The van der Waals surface area contributed by atoms with Crippen LogP contribution in [0.3, 0.4) is 0 Å². The van der Waals surface area contributed by atoms with Crippen molar-refractivity contribution < 1.29 is 9.53 Å². The molecule has 2 heterocycles. The highest BCUT2D eigenvalue weighted by atomic mass is 32.1. The number of thiophene rings is 1. The number of hydrogen-bond donors (Lipinski definition) is 1. The molecule has 1 aromatic carbocycles. The van der Waals surface area contributed by atoms with E-state index in [9.17, 15) is 4.79 Å². The number of nitrogens with one attached hydrogen (secondary N) is 1. The predicted octanol–water partition coefficient (Wildman–Crippen LogP) is 4.51. The zero-order valence-corrected chi connectivity index (χ0v) is 17.3. The molecule has 0 bridgehead atoms. The molecule has 2 aromatic rings. The third-order valence-corrected chi connectivity index (χ3v) is 6.57. The standard InChI is InChI=1S/C22H30N2O2S/c1-16-7-12-21(27-16)17(2)22(25)23-15-20(24-13-5-4-6-14-24)18-8-10-19(26-3)11-9-18/h7-12,17,20H,4-6,13-15H2,1-3H3,(H,23,25). The molecule has 1 amide bonds. The number of likely N-dealkylation sites (tertiary alicyclic amines) is 1. The highest BCUT2D eigenvalue weighted by Gasteiger charge is 2.24. The van der Waals surface area contributed by atoms with Crippen molar-refractivity contribution >= 4 is 17.2 Å². The first-order valence-corrected chi connectivity index (χ1v) is 10.6. The number of carbonyl (C=O) groups is 1. The molecule has 1 aromatic heterocycles. The second-order valence-corrected chi connectivity index (χ2v) is 8.62. The molecule has 146 valence electrons. The SMILES string of the molecule is COc1ccc(C(CNC(=O)C(C)c2ccc(C)s2)N2CCCCC2)cc1. The fourth-order valence-corrected chi connectivity index (χ4v) is 4.61. The zero-order chi connectivity index (χ0) is 19.2. The number of benzene rings is 1. The largest absolute Gasteiger partial charge is 0.497 e. The molecule has 0 aliphatic carbocycles. The molecule has 1 N–H and O–H groups in total. The van der Waals surface area contributed by atoms with Crippen LogP contribution in [0.2, 0.25) is 0 Å². The fraction of sp³-hybridized carbons (Fsp3) is 0.500. The van der Waals surface area contributed by atoms with Crippen LogP contribution in [0.5, 0.6) is 5.75 Å². The predicted molar refractivity (Wildman–Crippen MR) is 112 cm³/mol. The van der Waals surface area contributed by atoms with Crippen LogP contribution >= 0.6 is 11.3 Å². The van der Waals surface area contributed by atoms with E-state index in [-0.39, 0.29) is 17.9 Å². The second-order valence-electron chi connectivity index (χ2n) is 7.30. The summed E-state index contributed by atoms with van der Waals surface area (Å²) < 4.78 is 5.29. The first kappa shape index (κ1) is 19.9. The van der Waals surface area contributed by atoms with Crippen molar-refractivity contribution in [1.82, 2.24) is 10.2 Å². The lowest BCUT2D eigenvalue weighted by Gasteiger charge is -2.35. The normalized spacial score (nSPS) is 17.3. The van der Waals surface area contributed by atoms with Crippen molar-refractivity contribution in [2.75, 3.05) is 26.7 Å². The van der Waals surface area contributed by atoms with Gasteiger partial charge in [-0.15, -0.1) is 11.3 Å². The van der Waals surface area contributed by atoms with Gasteiger partial charge in [-0.1, -0.05) is 18.6 Å². The minimum Gasteiger partial charge on any atom is -0.497 e. The Bertz CT molecular complexity index is 735. The number of rotatable bonds is 7. The van der Waals surface area contributed by atoms with Gasteiger partial charge in [-0.25, -0.2) is 0 Å². The number of nitrogens with zero attached hydrogens (tertiary/aromatic N) is 1. The first-order valence-electron chi connectivity index (χ1n) is 9.80. The number of methoxy groups -OCH3 is 1. The molecule has 1 aliphatic heterocycles. The van der Waals surface area contributed by atoms with Crippen molar-refractivity contribution in [3.05, 3.63) is 51.7 Å². The van der Waals surface area contributed by atoms with E-state index in [1.807, 2.05) is 19.1 Å². The van der Waals surface area contributed by atoms with E-state index in [1.54, 1.807) is 18.4 Å². The minimum absolute atomic E-state index is 0.104. The monoisotopic (exact) mass is 386 g/mol. The van der Waals surface area contributed by atoms with Crippen LogP contribution in [-0.2, 0) is 4.79 Å². The van der Waals surface area contributed by atoms with Gasteiger partial charge in [0.15, 0.2) is 0 Å². The first-order chi connectivity index (χ1) is 13.1. The molecule has 1 aliphatic rings. The molecule has 4 nitrogen and oxygen atoms in total. The summed E-state index contributed by atoms with van der Waals surface area (Å²) in [6.45, 7) is 6.89. The lowest BCUT2D eigenvalue weighted by atomic mass is 10.0. The van der Waals surface area contributed by atoms with Crippen molar-refractivity contribution in [1.29, 1.82) is 0 Å². The van der Waals surface area contributed by atoms with Crippen LogP contribution in [0.1, 0.15) is 53.5 Å². The highest BCUT2D eigenvalue weighted by molar-refractivity contribution is 7.12. The van der Waals surface area contributed by atoms with E-state index in [4.69, 9.17) is 4.74 Å². The quantitative estimate of drug-likeness (QED) is 0.761. The molecule has 1 saturated heterocycles.